The van der Waals surface area contributed by atoms with Gasteiger partial charge in [0.1, 0.15) is 12.6 Å². The summed E-state index contributed by atoms with van der Waals surface area (Å²) in [6, 6.07) is -0.422. The number of piperazine rings is 1. The molecule has 0 aromatic carbocycles. The Morgan fingerprint density at radius 2 is 1.76 bits per heavy atom. The third-order valence-corrected chi connectivity index (χ3v) is 3.58. The monoisotopic (exact) mass is 240 g/mol. The third kappa shape index (κ3) is 2.79. The maximum Gasteiger partial charge on any atom is 0.246 e. The topological polar surface area (TPSA) is 49.4 Å². The first-order valence-electron chi connectivity index (χ1n) is 6.20. The molecule has 0 aromatic heterocycles. The Hall–Kier alpha value is -1.06. The van der Waals surface area contributed by atoms with Crippen molar-refractivity contribution in [1.82, 2.24) is 10.2 Å². The zero-order valence-corrected chi connectivity index (χ0v) is 11.8. The summed E-state index contributed by atoms with van der Waals surface area (Å²) >= 11 is 0. The van der Waals surface area contributed by atoms with Crippen molar-refractivity contribution in [2.45, 2.75) is 59.5 Å². The summed E-state index contributed by atoms with van der Waals surface area (Å²) in [4.78, 5) is 25.9. The predicted molar refractivity (Wildman–Crippen MR) is 67.5 cm³/mol. The van der Waals surface area contributed by atoms with Gasteiger partial charge in [-0.3, -0.25) is 9.59 Å². The first kappa shape index (κ1) is 14.0. The molecule has 98 valence electrons. The highest BCUT2D eigenvalue weighted by molar-refractivity contribution is 5.95. The van der Waals surface area contributed by atoms with Crippen LogP contribution in [0, 0.1) is 5.41 Å². The van der Waals surface area contributed by atoms with Crippen LogP contribution in [0.15, 0.2) is 0 Å². The van der Waals surface area contributed by atoms with E-state index in [4.69, 9.17) is 0 Å². The molecular weight excluding hydrogens is 216 g/mol. The lowest BCUT2D eigenvalue weighted by Gasteiger charge is -2.45. The number of nitrogens with one attached hydrogen (secondary N) is 1. The summed E-state index contributed by atoms with van der Waals surface area (Å²) < 4.78 is 0. The predicted octanol–water partition coefficient (Wildman–Crippen LogP) is 1.55. The number of carbonyl (C=O) groups is 2. The fraction of sp³-hybridized carbons (Fsp3) is 0.846. The van der Waals surface area contributed by atoms with Crippen molar-refractivity contribution in [3.8, 4) is 0 Å². The minimum atomic E-state index is -0.422. The van der Waals surface area contributed by atoms with Gasteiger partial charge in [-0.05, 0) is 25.7 Å². The summed E-state index contributed by atoms with van der Waals surface area (Å²) in [5.41, 5.74) is -0.520. The van der Waals surface area contributed by atoms with E-state index in [-0.39, 0.29) is 29.3 Å². The molecule has 1 rings (SSSR count). The fourth-order valence-electron chi connectivity index (χ4n) is 1.94. The van der Waals surface area contributed by atoms with Crippen molar-refractivity contribution < 1.29 is 9.59 Å². The SMILES string of the molecule is CCC(C)(C)N1CC(=O)NC(C(C)(C)C)C1=O. The molecule has 2 amide bonds. The van der Waals surface area contributed by atoms with Gasteiger partial charge in [0.15, 0.2) is 0 Å². The molecule has 0 aliphatic carbocycles. The molecule has 1 N–H and O–H groups in total. The molecule has 1 heterocycles. The van der Waals surface area contributed by atoms with Gasteiger partial charge >= 0.3 is 0 Å². The Kier molecular flexibility index (Phi) is 3.55. The second kappa shape index (κ2) is 4.31. The molecular formula is C13H24N2O2. The molecule has 1 fully saturated rings. The minimum absolute atomic E-state index is 0.0314. The van der Waals surface area contributed by atoms with Crippen molar-refractivity contribution in [3.63, 3.8) is 0 Å². The van der Waals surface area contributed by atoms with Gasteiger partial charge < -0.3 is 10.2 Å². The summed E-state index contributed by atoms with van der Waals surface area (Å²) in [7, 11) is 0. The molecule has 0 saturated carbocycles. The number of hydrogen-bond donors (Lipinski definition) is 1. The second-order valence-corrected chi connectivity index (χ2v) is 6.46. The zero-order chi connectivity index (χ0) is 13.4. The van der Waals surface area contributed by atoms with Crippen LogP contribution < -0.4 is 5.32 Å². The van der Waals surface area contributed by atoms with E-state index in [1.54, 1.807) is 4.90 Å². The zero-order valence-electron chi connectivity index (χ0n) is 11.8. The van der Waals surface area contributed by atoms with Gasteiger partial charge in [0.25, 0.3) is 0 Å². The van der Waals surface area contributed by atoms with E-state index in [1.165, 1.54) is 0 Å². The lowest BCUT2D eigenvalue weighted by molar-refractivity contribution is -0.153. The first-order valence-corrected chi connectivity index (χ1v) is 6.20. The van der Waals surface area contributed by atoms with E-state index in [0.29, 0.717) is 0 Å². The summed E-state index contributed by atoms with van der Waals surface area (Å²) in [5.74, 6) is -0.0324. The van der Waals surface area contributed by atoms with Crippen LogP contribution in [0.5, 0.6) is 0 Å². The average Bonchev–Trinajstić information content (AvgIpc) is 2.19. The van der Waals surface area contributed by atoms with Crippen LogP contribution in [0.1, 0.15) is 48.0 Å². The number of amides is 2. The molecule has 17 heavy (non-hydrogen) atoms. The molecule has 1 atom stereocenters. The third-order valence-electron chi connectivity index (χ3n) is 3.58. The Balaban J connectivity index is 3.02. The molecule has 1 aliphatic rings. The Bertz CT molecular complexity index is 329. The molecule has 4 nitrogen and oxygen atoms in total. The van der Waals surface area contributed by atoms with E-state index < -0.39 is 6.04 Å². The van der Waals surface area contributed by atoms with Crippen molar-refractivity contribution >= 4 is 11.8 Å². The van der Waals surface area contributed by atoms with Gasteiger partial charge in [0.05, 0.1) is 0 Å². The number of nitrogens with zero attached hydrogens (tertiary/aromatic N) is 1. The fourth-order valence-corrected chi connectivity index (χ4v) is 1.94. The van der Waals surface area contributed by atoms with Gasteiger partial charge in [-0.1, -0.05) is 27.7 Å². The van der Waals surface area contributed by atoms with Crippen LogP contribution in [-0.4, -0.2) is 34.8 Å². The van der Waals surface area contributed by atoms with Gasteiger partial charge in [-0.2, -0.15) is 0 Å². The average molecular weight is 240 g/mol. The molecule has 0 bridgehead atoms. The highest BCUT2D eigenvalue weighted by Gasteiger charge is 2.44. The standard InChI is InChI=1S/C13H24N2O2/c1-7-13(5,6)15-8-9(16)14-10(11(15)17)12(2,3)4/h10H,7-8H2,1-6H3,(H,14,16). The van der Waals surface area contributed by atoms with E-state index in [0.717, 1.165) is 6.42 Å². The highest BCUT2D eigenvalue weighted by Crippen LogP contribution is 2.28. The van der Waals surface area contributed by atoms with Crippen LogP contribution in [0.25, 0.3) is 0 Å². The maximum absolute atomic E-state index is 12.4. The van der Waals surface area contributed by atoms with Gasteiger partial charge in [0, 0.05) is 5.54 Å². The van der Waals surface area contributed by atoms with Crippen LogP contribution in [-0.2, 0) is 9.59 Å². The summed E-state index contributed by atoms with van der Waals surface area (Å²) in [6.45, 7) is 12.1. The van der Waals surface area contributed by atoms with Crippen molar-refractivity contribution in [1.29, 1.82) is 0 Å². The molecule has 1 saturated heterocycles. The summed E-state index contributed by atoms with van der Waals surface area (Å²) in [5, 5.41) is 2.80. The van der Waals surface area contributed by atoms with Crippen molar-refractivity contribution in [2.24, 2.45) is 5.41 Å². The van der Waals surface area contributed by atoms with Crippen molar-refractivity contribution in [2.75, 3.05) is 6.54 Å². The Morgan fingerprint density at radius 3 is 2.18 bits per heavy atom. The Labute approximate surface area is 104 Å². The van der Waals surface area contributed by atoms with Crippen LogP contribution >= 0.6 is 0 Å². The quantitative estimate of drug-likeness (QED) is 0.796. The maximum atomic E-state index is 12.4. The number of carbonyl (C=O) groups excluding carboxylic acids is 2. The Morgan fingerprint density at radius 1 is 1.24 bits per heavy atom. The van der Waals surface area contributed by atoms with E-state index in [2.05, 4.69) is 5.32 Å². The minimum Gasteiger partial charge on any atom is -0.342 e. The molecule has 0 aromatic rings. The second-order valence-electron chi connectivity index (χ2n) is 6.46. The van der Waals surface area contributed by atoms with E-state index >= 15 is 0 Å². The summed E-state index contributed by atoms with van der Waals surface area (Å²) in [6.07, 6.45) is 0.836. The number of hydrogen-bond acceptors (Lipinski definition) is 2. The lowest BCUT2D eigenvalue weighted by atomic mass is 9.83. The van der Waals surface area contributed by atoms with Gasteiger partial charge in [0.2, 0.25) is 11.8 Å². The highest BCUT2D eigenvalue weighted by atomic mass is 16.2. The van der Waals surface area contributed by atoms with Gasteiger partial charge in [-0.25, -0.2) is 0 Å². The van der Waals surface area contributed by atoms with Crippen LogP contribution in [0.4, 0.5) is 0 Å². The van der Waals surface area contributed by atoms with E-state index in [1.807, 2.05) is 41.5 Å². The van der Waals surface area contributed by atoms with Crippen molar-refractivity contribution in [3.05, 3.63) is 0 Å². The first-order chi connectivity index (χ1) is 7.59. The van der Waals surface area contributed by atoms with E-state index in [9.17, 15) is 9.59 Å². The molecule has 1 aliphatic heterocycles. The van der Waals surface area contributed by atoms with Gasteiger partial charge in [-0.15, -0.1) is 0 Å². The number of rotatable bonds is 2. The smallest absolute Gasteiger partial charge is 0.246 e. The lowest BCUT2D eigenvalue weighted by Crippen LogP contribution is -2.66. The van der Waals surface area contributed by atoms with Crippen LogP contribution in [0.2, 0.25) is 0 Å². The molecule has 4 heteroatoms. The molecule has 0 spiro atoms. The molecule has 1 unspecified atom stereocenters. The molecule has 0 radical (unpaired) electrons. The normalized spacial score (nSPS) is 22.7. The van der Waals surface area contributed by atoms with Crippen LogP contribution in [0.3, 0.4) is 0 Å². The largest absolute Gasteiger partial charge is 0.342 e.